The van der Waals surface area contributed by atoms with Gasteiger partial charge in [0, 0.05) is 5.56 Å². The third-order valence-corrected chi connectivity index (χ3v) is 1.73. The minimum absolute atomic E-state index is 0.139. The van der Waals surface area contributed by atoms with E-state index in [1.165, 1.54) is 0 Å². The van der Waals surface area contributed by atoms with Crippen molar-refractivity contribution >= 4 is 0 Å². The first kappa shape index (κ1) is 10.1. The van der Waals surface area contributed by atoms with Gasteiger partial charge in [-0.15, -0.1) is 0 Å². The summed E-state index contributed by atoms with van der Waals surface area (Å²) in [4.78, 5) is 0. The molecule has 0 fully saturated rings. The smallest absolute Gasteiger partial charge is 0.125 e. The molecule has 2 heteroatoms. The van der Waals surface area contributed by atoms with Gasteiger partial charge in [-0.3, -0.25) is 0 Å². The normalized spacial score (nSPS) is 13.0. The Kier molecular flexibility index (Phi) is 3.32. The van der Waals surface area contributed by atoms with E-state index >= 15 is 0 Å². The summed E-state index contributed by atoms with van der Waals surface area (Å²) in [7, 11) is 0. The molecular formula is C11H16O2. The molecule has 1 aromatic carbocycles. The van der Waals surface area contributed by atoms with E-state index in [0.717, 1.165) is 11.3 Å². The Labute approximate surface area is 79.2 Å². The molecule has 1 rings (SSSR count). The van der Waals surface area contributed by atoms with E-state index in [1.807, 2.05) is 38.1 Å². The van der Waals surface area contributed by atoms with Gasteiger partial charge in [-0.25, -0.2) is 0 Å². The Morgan fingerprint density at radius 1 is 1.15 bits per heavy atom. The van der Waals surface area contributed by atoms with Crippen molar-refractivity contribution < 1.29 is 9.84 Å². The van der Waals surface area contributed by atoms with E-state index in [4.69, 9.17) is 4.74 Å². The summed E-state index contributed by atoms with van der Waals surface area (Å²) < 4.78 is 5.55. The van der Waals surface area contributed by atoms with Crippen LogP contribution in [0.3, 0.4) is 0 Å². The van der Waals surface area contributed by atoms with Gasteiger partial charge in [0.05, 0.1) is 12.2 Å². The molecule has 2 nitrogen and oxygen atoms in total. The molecule has 0 aliphatic carbocycles. The van der Waals surface area contributed by atoms with Gasteiger partial charge < -0.3 is 9.84 Å². The molecule has 13 heavy (non-hydrogen) atoms. The van der Waals surface area contributed by atoms with Gasteiger partial charge in [-0.05, 0) is 26.8 Å². The van der Waals surface area contributed by atoms with Crippen LogP contribution in [0.2, 0.25) is 0 Å². The van der Waals surface area contributed by atoms with Gasteiger partial charge in [-0.2, -0.15) is 0 Å². The van der Waals surface area contributed by atoms with E-state index in [-0.39, 0.29) is 6.10 Å². The van der Waals surface area contributed by atoms with E-state index in [2.05, 4.69) is 0 Å². The average Bonchev–Trinajstić information content (AvgIpc) is 2.03. The molecule has 72 valence electrons. The monoisotopic (exact) mass is 180 g/mol. The van der Waals surface area contributed by atoms with Crippen molar-refractivity contribution in [2.75, 3.05) is 0 Å². The lowest BCUT2D eigenvalue weighted by Gasteiger charge is -2.15. The number of benzene rings is 1. The quantitative estimate of drug-likeness (QED) is 0.774. The van der Waals surface area contributed by atoms with Crippen LogP contribution in [-0.4, -0.2) is 11.2 Å². The maximum atomic E-state index is 9.44. The van der Waals surface area contributed by atoms with Crippen molar-refractivity contribution in [2.24, 2.45) is 0 Å². The van der Waals surface area contributed by atoms with Crippen LogP contribution in [0.4, 0.5) is 0 Å². The molecule has 0 unspecified atom stereocenters. The molecule has 0 amide bonds. The summed E-state index contributed by atoms with van der Waals surface area (Å²) in [5, 5.41) is 9.44. The van der Waals surface area contributed by atoms with E-state index in [0.29, 0.717) is 0 Å². The topological polar surface area (TPSA) is 29.5 Å². The highest BCUT2D eigenvalue weighted by molar-refractivity contribution is 5.34. The SMILES string of the molecule is CC(C)Oc1ccccc1[C@H](C)O. The first-order valence-corrected chi connectivity index (χ1v) is 4.55. The average molecular weight is 180 g/mol. The maximum Gasteiger partial charge on any atom is 0.125 e. The molecule has 0 saturated carbocycles. The fraction of sp³-hybridized carbons (Fsp3) is 0.455. The minimum Gasteiger partial charge on any atom is -0.491 e. The van der Waals surface area contributed by atoms with Gasteiger partial charge >= 0.3 is 0 Å². The second-order valence-corrected chi connectivity index (χ2v) is 3.38. The van der Waals surface area contributed by atoms with Crippen molar-refractivity contribution in [3.05, 3.63) is 29.8 Å². The van der Waals surface area contributed by atoms with Crippen molar-refractivity contribution in [1.82, 2.24) is 0 Å². The zero-order chi connectivity index (χ0) is 9.84. The van der Waals surface area contributed by atoms with Crippen molar-refractivity contribution in [2.45, 2.75) is 33.0 Å². The standard InChI is InChI=1S/C11H16O2/c1-8(2)13-11-7-5-4-6-10(11)9(3)12/h4-9,12H,1-3H3/t9-/m0/s1. The molecule has 0 aliphatic rings. The maximum absolute atomic E-state index is 9.44. The largest absolute Gasteiger partial charge is 0.491 e. The van der Waals surface area contributed by atoms with E-state index < -0.39 is 6.10 Å². The van der Waals surface area contributed by atoms with Gasteiger partial charge in [-0.1, -0.05) is 18.2 Å². The van der Waals surface area contributed by atoms with Crippen LogP contribution in [0, 0.1) is 0 Å². The van der Waals surface area contributed by atoms with Crippen LogP contribution in [-0.2, 0) is 0 Å². The molecule has 0 aliphatic heterocycles. The fourth-order valence-electron chi connectivity index (χ4n) is 1.19. The number of hydrogen-bond acceptors (Lipinski definition) is 2. The lowest BCUT2D eigenvalue weighted by atomic mass is 10.1. The molecule has 0 saturated heterocycles. The highest BCUT2D eigenvalue weighted by Gasteiger charge is 2.08. The van der Waals surface area contributed by atoms with E-state index in [9.17, 15) is 5.11 Å². The Morgan fingerprint density at radius 2 is 1.77 bits per heavy atom. The second-order valence-electron chi connectivity index (χ2n) is 3.38. The summed E-state index contributed by atoms with van der Waals surface area (Å²) in [5.41, 5.74) is 0.844. The summed E-state index contributed by atoms with van der Waals surface area (Å²) in [6.45, 7) is 5.68. The first-order chi connectivity index (χ1) is 6.11. The zero-order valence-corrected chi connectivity index (χ0v) is 8.32. The number of rotatable bonds is 3. The third kappa shape index (κ3) is 2.74. The molecular weight excluding hydrogens is 164 g/mol. The van der Waals surface area contributed by atoms with E-state index in [1.54, 1.807) is 6.92 Å². The molecule has 1 N–H and O–H groups in total. The predicted octanol–water partition coefficient (Wildman–Crippen LogP) is 2.53. The number of ether oxygens (including phenoxy) is 1. The van der Waals surface area contributed by atoms with Crippen LogP contribution in [0.15, 0.2) is 24.3 Å². The molecule has 0 aromatic heterocycles. The first-order valence-electron chi connectivity index (χ1n) is 4.55. The number of para-hydroxylation sites is 1. The molecule has 1 aromatic rings. The van der Waals surface area contributed by atoms with Crippen molar-refractivity contribution in [1.29, 1.82) is 0 Å². The second kappa shape index (κ2) is 4.28. The Hall–Kier alpha value is -1.02. The van der Waals surface area contributed by atoms with Crippen LogP contribution >= 0.6 is 0 Å². The zero-order valence-electron chi connectivity index (χ0n) is 8.32. The summed E-state index contributed by atoms with van der Waals surface area (Å²) in [5.74, 6) is 0.771. The summed E-state index contributed by atoms with van der Waals surface area (Å²) >= 11 is 0. The lowest BCUT2D eigenvalue weighted by molar-refractivity contribution is 0.183. The molecule has 0 spiro atoms. The van der Waals surface area contributed by atoms with Crippen molar-refractivity contribution in [3.63, 3.8) is 0 Å². The van der Waals surface area contributed by atoms with Crippen LogP contribution in [0.1, 0.15) is 32.4 Å². The highest BCUT2D eigenvalue weighted by atomic mass is 16.5. The van der Waals surface area contributed by atoms with Crippen LogP contribution < -0.4 is 4.74 Å². The number of aliphatic hydroxyl groups excluding tert-OH is 1. The van der Waals surface area contributed by atoms with Gasteiger partial charge in [0.1, 0.15) is 5.75 Å². The Morgan fingerprint density at radius 3 is 2.31 bits per heavy atom. The van der Waals surface area contributed by atoms with Gasteiger partial charge in [0.15, 0.2) is 0 Å². The lowest BCUT2D eigenvalue weighted by Crippen LogP contribution is -2.08. The third-order valence-electron chi connectivity index (χ3n) is 1.73. The number of hydrogen-bond donors (Lipinski definition) is 1. The molecule has 0 heterocycles. The molecule has 1 atom stereocenters. The fourth-order valence-corrected chi connectivity index (χ4v) is 1.19. The summed E-state index contributed by atoms with van der Waals surface area (Å²) in [6, 6.07) is 7.56. The molecule has 0 bridgehead atoms. The Bertz CT molecular complexity index is 267. The number of aliphatic hydroxyl groups is 1. The molecule has 0 radical (unpaired) electrons. The van der Waals surface area contributed by atoms with Crippen LogP contribution in [0.25, 0.3) is 0 Å². The Balaban J connectivity index is 2.91. The minimum atomic E-state index is -0.477. The van der Waals surface area contributed by atoms with Gasteiger partial charge in [0.25, 0.3) is 0 Å². The summed E-state index contributed by atoms with van der Waals surface area (Å²) in [6.07, 6.45) is -0.338. The predicted molar refractivity (Wildman–Crippen MR) is 52.8 cm³/mol. The van der Waals surface area contributed by atoms with Crippen LogP contribution in [0.5, 0.6) is 5.75 Å². The van der Waals surface area contributed by atoms with Gasteiger partial charge in [0.2, 0.25) is 0 Å². The van der Waals surface area contributed by atoms with Crippen molar-refractivity contribution in [3.8, 4) is 5.75 Å². The highest BCUT2D eigenvalue weighted by Crippen LogP contribution is 2.25.